The van der Waals surface area contributed by atoms with Crippen LogP contribution in [-0.4, -0.2) is 37.2 Å². The van der Waals surface area contributed by atoms with Crippen LogP contribution >= 0.6 is 0 Å². The number of allylic oxidation sites excluding steroid dienone is 4. The Labute approximate surface area is 392 Å². The third-order valence-corrected chi connectivity index (χ3v) is 12.5. The molecule has 6 heteroatoms. The summed E-state index contributed by atoms with van der Waals surface area (Å²) < 4.78 is 16.8. The lowest BCUT2D eigenvalue weighted by Crippen LogP contribution is -2.30. The van der Waals surface area contributed by atoms with E-state index in [9.17, 15) is 14.4 Å². The van der Waals surface area contributed by atoms with E-state index in [0.717, 1.165) is 77.0 Å². The van der Waals surface area contributed by atoms with Crippen LogP contribution in [0.2, 0.25) is 0 Å². The van der Waals surface area contributed by atoms with Crippen LogP contribution in [0.4, 0.5) is 0 Å². The molecule has 0 aromatic rings. The second kappa shape index (κ2) is 52.5. The number of unbranched alkanes of at least 4 members (excludes halogenated alkanes) is 36. The molecule has 63 heavy (non-hydrogen) atoms. The average Bonchev–Trinajstić information content (AvgIpc) is 3.28. The Bertz CT molecular complexity index is 1020. The summed E-state index contributed by atoms with van der Waals surface area (Å²) in [7, 11) is 0. The summed E-state index contributed by atoms with van der Waals surface area (Å²) in [6.45, 7) is 6.63. The number of ether oxygens (including phenoxy) is 3. The molecule has 1 unspecified atom stereocenters. The minimum absolute atomic E-state index is 0.0721. The quantitative estimate of drug-likeness (QED) is 0.0262. The Hall–Kier alpha value is -2.11. The molecule has 0 saturated heterocycles. The third-order valence-electron chi connectivity index (χ3n) is 12.5. The SMILES string of the molecule is CCCCCC/C=C\C/C=C\CCCCCCCC(=O)OC(COC(=O)CCCCCCCCCCC)COC(=O)CCCCCCCCCCCCCCCCCCCCCC. The van der Waals surface area contributed by atoms with Crippen molar-refractivity contribution in [3.05, 3.63) is 24.3 Å². The Morgan fingerprint density at radius 3 is 0.889 bits per heavy atom. The Kier molecular flexibility index (Phi) is 50.8. The Balaban J connectivity index is 4.25. The van der Waals surface area contributed by atoms with E-state index in [1.54, 1.807) is 0 Å². The van der Waals surface area contributed by atoms with Gasteiger partial charge in [0.25, 0.3) is 0 Å². The van der Waals surface area contributed by atoms with Crippen LogP contribution in [0, 0.1) is 0 Å². The van der Waals surface area contributed by atoms with Gasteiger partial charge in [-0.3, -0.25) is 14.4 Å². The van der Waals surface area contributed by atoms with Crippen molar-refractivity contribution < 1.29 is 28.6 Å². The van der Waals surface area contributed by atoms with E-state index < -0.39 is 6.10 Å². The summed E-state index contributed by atoms with van der Waals surface area (Å²) in [5, 5.41) is 0. The van der Waals surface area contributed by atoms with Gasteiger partial charge in [0.15, 0.2) is 6.10 Å². The minimum atomic E-state index is -0.772. The van der Waals surface area contributed by atoms with Crippen molar-refractivity contribution in [3.8, 4) is 0 Å². The van der Waals surface area contributed by atoms with Crippen LogP contribution in [0.1, 0.15) is 303 Å². The van der Waals surface area contributed by atoms with E-state index in [-0.39, 0.29) is 31.1 Å². The number of carbonyl (C=O) groups excluding carboxylic acids is 3. The molecular formula is C57H106O6. The lowest BCUT2D eigenvalue weighted by molar-refractivity contribution is -0.167. The van der Waals surface area contributed by atoms with E-state index in [1.807, 2.05) is 0 Å². The fraction of sp³-hybridized carbons (Fsp3) is 0.877. The highest BCUT2D eigenvalue weighted by molar-refractivity contribution is 5.71. The zero-order valence-corrected chi connectivity index (χ0v) is 42.4. The molecule has 0 amide bonds. The predicted octanol–water partition coefficient (Wildman–Crippen LogP) is 18.3. The van der Waals surface area contributed by atoms with Crippen molar-refractivity contribution in [1.82, 2.24) is 0 Å². The molecule has 0 heterocycles. The first-order chi connectivity index (χ1) is 31.0. The first kappa shape index (κ1) is 60.9. The largest absolute Gasteiger partial charge is 0.462 e. The molecule has 0 N–H and O–H groups in total. The third kappa shape index (κ3) is 50.7. The molecule has 0 radical (unpaired) electrons. The second-order valence-corrected chi connectivity index (χ2v) is 18.9. The lowest BCUT2D eigenvalue weighted by atomic mass is 10.0. The maximum Gasteiger partial charge on any atom is 0.306 e. The molecule has 0 spiro atoms. The molecule has 0 bridgehead atoms. The van der Waals surface area contributed by atoms with Crippen molar-refractivity contribution in [3.63, 3.8) is 0 Å². The smallest absolute Gasteiger partial charge is 0.306 e. The number of carbonyl (C=O) groups is 3. The van der Waals surface area contributed by atoms with Gasteiger partial charge in [-0.15, -0.1) is 0 Å². The molecule has 0 saturated carbocycles. The van der Waals surface area contributed by atoms with Gasteiger partial charge in [-0.05, 0) is 51.4 Å². The van der Waals surface area contributed by atoms with Crippen LogP contribution in [0.15, 0.2) is 24.3 Å². The summed E-state index contributed by atoms with van der Waals surface area (Å²) in [6.07, 6.45) is 60.3. The fourth-order valence-corrected chi connectivity index (χ4v) is 8.24. The number of esters is 3. The van der Waals surface area contributed by atoms with E-state index in [1.165, 1.54) is 186 Å². The summed E-state index contributed by atoms with van der Waals surface area (Å²) in [4.78, 5) is 38.0. The van der Waals surface area contributed by atoms with Crippen molar-refractivity contribution in [2.45, 2.75) is 309 Å². The highest BCUT2D eigenvalue weighted by Gasteiger charge is 2.19. The topological polar surface area (TPSA) is 78.9 Å². The van der Waals surface area contributed by atoms with E-state index >= 15 is 0 Å². The van der Waals surface area contributed by atoms with E-state index in [0.29, 0.717) is 19.3 Å². The Morgan fingerprint density at radius 1 is 0.317 bits per heavy atom. The molecule has 0 aliphatic carbocycles. The van der Waals surface area contributed by atoms with Gasteiger partial charge in [0, 0.05) is 19.3 Å². The van der Waals surface area contributed by atoms with Crippen LogP contribution in [0.3, 0.4) is 0 Å². The molecular weight excluding hydrogens is 781 g/mol. The Morgan fingerprint density at radius 2 is 0.571 bits per heavy atom. The molecule has 0 aliphatic rings. The number of hydrogen-bond donors (Lipinski definition) is 0. The normalized spacial score (nSPS) is 12.1. The molecule has 1 atom stereocenters. The summed E-state index contributed by atoms with van der Waals surface area (Å²) in [6, 6.07) is 0. The predicted molar refractivity (Wildman–Crippen MR) is 270 cm³/mol. The molecule has 0 aromatic carbocycles. The van der Waals surface area contributed by atoms with E-state index in [4.69, 9.17) is 14.2 Å². The van der Waals surface area contributed by atoms with Crippen molar-refractivity contribution in [2.24, 2.45) is 0 Å². The van der Waals surface area contributed by atoms with Gasteiger partial charge in [-0.25, -0.2) is 0 Å². The van der Waals surface area contributed by atoms with Gasteiger partial charge in [0.05, 0.1) is 0 Å². The zero-order chi connectivity index (χ0) is 45.8. The van der Waals surface area contributed by atoms with Gasteiger partial charge >= 0.3 is 17.9 Å². The van der Waals surface area contributed by atoms with Gasteiger partial charge in [0.2, 0.25) is 0 Å². The fourth-order valence-electron chi connectivity index (χ4n) is 8.24. The number of hydrogen-bond acceptors (Lipinski definition) is 6. The zero-order valence-electron chi connectivity index (χ0n) is 42.4. The van der Waals surface area contributed by atoms with Crippen molar-refractivity contribution in [2.75, 3.05) is 13.2 Å². The molecule has 0 aliphatic heterocycles. The maximum atomic E-state index is 12.8. The minimum Gasteiger partial charge on any atom is -0.462 e. The molecule has 370 valence electrons. The van der Waals surface area contributed by atoms with Crippen LogP contribution < -0.4 is 0 Å². The standard InChI is InChI=1S/C57H106O6/c1-4-7-10-13-16-19-21-23-25-27-28-29-30-32-33-35-38-41-44-47-50-56(59)62-53-54(52-61-55(58)49-46-43-40-37-18-15-12-9-6-3)63-57(60)51-48-45-42-39-36-34-31-26-24-22-20-17-14-11-8-5-2/h20,22,26,31,54H,4-19,21,23-25,27-30,32-53H2,1-3H3/b22-20-,31-26-. The molecule has 0 aromatic heterocycles. The van der Waals surface area contributed by atoms with Crippen LogP contribution in [0.25, 0.3) is 0 Å². The van der Waals surface area contributed by atoms with Gasteiger partial charge in [-0.1, -0.05) is 257 Å². The van der Waals surface area contributed by atoms with Crippen LogP contribution in [-0.2, 0) is 28.6 Å². The summed E-state index contributed by atoms with van der Waals surface area (Å²) in [5.41, 5.74) is 0. The monoisotopic (exact) mass is 887 g/mol. The van der Waals surface area contributed by atoms with Gasteiger partial charge < -0.3 is 14.2 Å². The molecule has 0 fully saturated rings. The van der Waals surface area contributed by atoms with Crippen LogP contribution in [0.5, 0.6) is 0 Å². The average molecular weight is 887 g/mol. The van der Waals surface area contributed by atoms with Crippen molar-refractivity contribution in [1.29, 1.82) is 0 Å². The van der Waals surface area contributed by atoms with Crippen molar-refractivity contribution >= 4 is 17.9 Å². The molecule has 0 rings (SSSR count). The van der Waals surface area contributed by atoms with E-state index in [2.05, 4.69) is 45.1 Å². The first-order valence-electron chi connectivity index (χ1n) is 27.8. The second-order valence-electron chi connectivity index (χ2n) is 18.9. The molecule has 6 nitrogen and oxygen atoms in total. The summed E-state index contributed by atoms with van der Waals surface area (Å²) >= 11 is 0. The highest BCUT2D eigenvalue weighted by Crippen LogP contribution is 2.17. The lowest BCUT2D eigenvalue weighted by Gasteiger charge is -2.18. The highest BCUT2D eigenvalue weighted by atomic mass is 16.6. The van der Waals surface area contributed by atoms with Gasteiger partial charge in [-0.2, -0.15) is 0 Å². The van der Waals surface area contributed by atoms with Gasteiger partial charge in [0.1, 0.15) is 13.2 Å². The first-order valence-corrected chi connectivity index (χ1v) is 27.8. The number of rotatable bonds is 51. The maximum absolute atomic E-state index is 12.8. The summed E-state index contributed by atoms with van der Waals surface area (Å²) in [5.74, 6) is -0.871.